The van der Waals surface area contributed by atoms with Crippen LogP contribution < -0.4 is 0 Å². The Hall–Kier alpha value is 0.0900. The summed E-state index contributed by atoms with van der Waals surface area (Å²) >= 11 is 9.06. The fourth-order valence-corrected chi connectivity index (χ4v) is 2.74. The quantitative estimate of drug-likeness (QED) is 0.714. The van der Waals surface area contributed by atoms with Crippen molar-refractivity contribution in [2.45, 2.75) is 4.90 Å². The van der Waals surface area contributed by atoms with Gasteiger partial charge in [0.1, 0.15) is 22.3 Å². The summed E-state index contributed by atoms with van der Waals surface area (Å²) in [4.78, 5) is -0.597. The van der Waals surface area contributed by atoms with Gasteiger partial charge in [0.15, 0.2) is 0 Å². The first kappa shape index (κ1) is 11.2. The first-order chi connectivity index (χ1) is 5.82. The van der Waals surface area contributed by atoms with Crippen molar-refractivity contribution in [2.24, 2.45) is 0 Å². The Morgan fingerprint density at radius 2 is 1.46 bits per heavy atom. The van der Waals surface area contributed by atoms with Gasteiger partial charge in [-0.15, -0.1) is 0 Å². The maximum Gasteiger partial charge on any atom is 0.144 e. The minimum Gasteiger partial charge on any atom is -0.207 e. The molecule has 0 N–H and O–H groups in total. The summed E-state index contributed by atoms with van der Waals surface area (Å²) in [5, 5.41) is 0. The molecule has 0 aromatic heterocycles. The highest BCUT2D eigenvalue weighted by atomic mass is 35.8. The zero-order valence-electron chi connectivity index (χ0n) is 5.89. The summed E-state index contributed by atoms with van der Waals surface area (Å²) < 4.78 is 38.3. The summed E-state index contributed by atoms with van der Waals surface area (Å²) in [5.74, 6) is -3.29. The predicted octanol–water partition coefficient (Wildman–Crippen LogP) is 2.69. The van der Waals surface area contributed by atoms with E-state index in [2.05, 4.69) is 22.4 Å². The van der Waals surface area contributed by atoms with Crippen LogP contribution in [0, 0.1) is 17.5 Å². The van der Waals surface area contributed by atoms with Crippen molar-refractivity contribution in [3.8, 4) is 0 Å². The fourth-order valence-electron chi connectivity index (χ4n) is 0.762. The van der Waals surface area contributed by atoms with Crippen LogP contribution in [0.25, 0.3) is 0 Å². The van der Waals surface area contributed by atoms with Crippen LogP contribution in [0.1, 0.15) is 0 Å². The van der Waals surface area contributed by atoms with E-state index in [9.17, 15) is 13.2 Å². The largest absolute Gasteiger partial charge is 0.207 e. The van der Waals surface area contributed by atoms with Gasteiger partial charge in [-0.05, 0) is 33.1 Å². The number of hydrogen-bond acceptors (Lipinski definition) is 2. The molecule has 0 heterocycles. The number of hydrogen-bond donors (Lipinski definition) is 0. The first-order valence-electron chi connectivity index (χ1n) is 2.91. The molecule has 1 aromatic carbocycles. The lowest BCUT2D eigenvalue weighted by Crippen LogP contribution is -1.98. The maximum absolute atomic E-state index is 12.9. The van der Waals surface area contributed by atoms with E-state index in [0.717, 1.165) is 0 Å². The highest BCUT2D eigenvalue weighted by Crippen LogP contribution is 2.24. The van der Waals surface area contributed by atoms with Crippen molar-refractivity contribution < 1.29 is 13.2 Å². The highest BCUT2D eigenvalue weighted by molar-refractivity contribution is 8.67. The lowest BCUT2D eigenvalue weighted by atomic mass is 10.3. The van der Waals surface area contributed by atoms with Gasteiger partial charge in [0.05, 0.1) is 0 Å². The second-order valence-corrected chi connectivity index (χ2v) is 9.54. The third-order valence-corrected chi connectivity index (χ3v) is 3.55. The standard InChI is InChI=1S/C6H2ClF3S3/c7-13(11,12)6-4(9)1-3(8)2-5(6)10/h1-2H. The molecule has 0 aliphatic rings. The molecule has 0 aliphatic heterocycles. The average molecular weight is 263 g/mol. The molecule has 0 fully saturated rings. The molecule has 0 atom stereocenters. The molecule has 13 heavy (non-hydrogen) atoms. The Morgan fingerprint density at radius 1 is 1.08 bits per heavy atom. The van der Waals surface area contributed by atoms with E-state index >= 15 is 0 Å². The maximum atomic E-state index is 12.9. The third-order valence-electron chi connectivity index (χ3n) is 1.21. The Kier molecular flexibility index (Phi) is 3.16. The van der Waals surface area contributed by atoms with E-state index in [1.807, 2.05) is 0 Å². The zero-order valence-corrected chi connectivity index (χ0v) is 9.10. The van der Waals surface area contributed by atoms with Gasteiger partial charge in [-0.3, -0.25) is 0 Å². The monoisotopic (exact) mass is 262 g/mol. The average Bonchev–Trinajstić information content (AvgIpc) is 1.78. The molecule has 0 unspecified atom stereocenters. The van der Waals surface area contributed by atoms with Crippen molar-refractivity contribution in [1.29, 1.82) is 0 Å². The second kappa shape index (κ2) is 3.68. The Balaban J connectivity index is 3.57. The van der Waals surface area contributed by atoms with Gasteiger partial charge >= 0.3 is 0 Å². The van der Waals surface area contributed by atoms with E-state index < -0.39 is 28.7 Å². The van der Waals surface area contributed by atoms with Crippen molar-refractivity contribution in [3.05, 3.63) is 29.6 Å². The molecule has 0 saturated heterocycles. The van der Waals surface area contributed by atoms with E-state index in [-0.39, 0.29) is 0 Å². The molecule has 0 amide bonds. The molecule has 0 spiro atoms. The van der Waals surface area contributed by atoms with Crippen LogP contribution in [0.2, 0.25) is 0 Å². The van der Waals surface area contributed by atoms with Gasteiger partial charge in [-0.1, -0.05) is 0 Å². The molecular formula is C6H2ClF3S3. The Bertz CT molecular complexity index is 417. The molecule has 0 nitrogen and oxygen atoms in total. The van der Waals surface area contributed by atoms with Gasteiger partial charge in [0.25, 0.3) is 0 Å². The van der Waals surface area contributed by atoms with E-state index in [0.29, 0.717) is 12.1 Å². The zero-order chi connectivity index (χ0) is 10.2. The fraction of sp³-hybridized carbons (Fsp3) is 0. The van der Waals surface area contributed by atoms with Crippen LogP contribution in [0.3, 0.4) is 0 Å². The molecule has 0 bridgehead atoms. The summed E-state index contributed by atoms with van der Waals surface area (Å²) in [6, 6.07) is 1.00. The van der Waals surface area contributed by atoms with E-state index in [1.165, 1.54) is 0 Å². The summed E-state index contributed by atoms with van der Waals surface area (Å²) in [7, 11) is 5.43. The normalized spacial score (nSPS) is 11.7. The Morgan fingerprint density at radius 3 is 1.77 bits per heavy atom. The predicted molar refractivity (Wildman–Crippen MR) is 52.5 cm³/mol. The van der Waals surface area contributed by atoms with Crippen molar-refractivity contribution in [1.82, 2.24) is 0 Å². The van der Waals surface area contributed by atoms with Crippen molar-refractivity contribution >= 4 is 39.4 Å². The molecule has 0 aliphatic carbocycles. The molecule has 72 valence electrons. The topological polar surface area (TPSA) is 0 Å². The van der Waals surface area contributed by atoms with Crippen molar-refractivity contribution in [3.63, 3.8) is 0 Å². The molecular weight excluding hydrogens is 261 g/mol. The van der Waals surface area contributed by atoms with Gasteiger partial charge < -0.3 is 0 Å². The van der Waals surface area contributed by atoms with Crippen LogP contribution in [0.4, 0.5) is 13.2 Å². The summed E-state index contributed by atoms with van der Waals surface area (Å²) in [5.41, 5.74) is 0. The van der Waals surface area contributed by atoms with Crippen LogP contribution in [0.5, 0.6) is 0 Å². The molecule has 7 heteroatoms. The molecule has 0 saturated carbocycles. The van der Waals surface area contributed by atoms with Gasteiger partial charge in [-0.25, -0.2) is 13.2 Å². The van der Waals surface area contributed by atoms with Crippen LogP contribution in [0.15, 0.2) is 17.0 Å². The summed E-state index contributed by atoms with van der Waals surface area (Å²) in [6.07, 6.45) is -2.86. The van der Waals surface area contributed by atoms with Gasteiger partial charge in [0.2, 0.25) is 0 Å². The van der Waals surface area contributed by atoms with Crippen molar-refractivity contribution in [2.75, 3.05) is 0 Å². The van der Waals surface area contributed by atoms with Crippen LogP contribution in [-0.4, -0.2) is 0 Å². The number of benzene rings is 1. The van der Waals surface area contributed by atoms with Crippen LogP contribution >= 0.6 is 10.7 Å². The smallest absolute Gasteiger partial charge is 0.144 e. The van der Waals surface area contributed by atoms with E-state index in [4.69, 9.17) is 10.7 Å². The first-order valence-corrected chi connectivity index (χ1v) is 7.22. The number of rotatable bonds is 1. The minimum atomic E-state index is -2.86. The highest BCUT2D eigenvalue weighted by Gasteiger charge is 2.16. The SMILES string of the molecule is Fc1cc(F)c(S(=S)(=S)Cl)c(F)c1. The summed E-state index contributed by atoms with van der Waals surface area (Å²) in [6.45, 7) is 0. The third kappa shape index (κ3) is 2.52. The minimum absolute atomic E-state index is 0.501. The van der Waals surface area contributed by atoms with Gasteiger partial charge in [-0.2, -0.15) is 0 Å². The molecule has 1 rings (SSSR count). The lowest BCUT2D eigenvalue weighted by molar-refractivity contribution is 0.511. The van der Waals surface area contributed by atoms with Crippen LogP contribution in [-0.2, 0) is 28.7 Å². The molecule has 1 aromatic rings. The second-order valence-electron chi connectivity index (χ2n) is 2.14. The lowest BCUT2D eigenvalue weighted by Gasteiger charge is -2.04. The van der Waals surface area contributed by atoms with Gasteiger partial charge in [0, 0.05) is 18.5 Å². The number of halogens is 4. The van der Waals surface area contributed by atoms with E-state index in [1.54, 1.807) is 0 Å². The Labute approximate surface area is 87.0 Å². The molecule has 0 radical (unpaired) electrons.